The van der Waals surface area contributed by atoms with Crippen molar-refractivity contribution in [3.63, 3.8) is 0 Å². The van der Waals surface area contributed by atoms with Crippen molar-refractivity contribution in [1.82, 2.24) is 5.32 Å². The van der Waals surface area contributed by atoms with Gasteiger partial charge in [0.15, 0.2) is 5.96 Å². The summed E-state index contributed by atoms with van der Waals surface area (Å²) in [6, 6.07) is 5.84. The number of benzene rings is 1. The second-order valence-electron chi connectivity index (χ2n) is 4.77. The zero-order valence-corrected chi connectivity index (χ0v) is 16.1. The Hall–Kier alpha value is -0.500. The number of hydrogen-bond donors (Lipinski definition) is 2. The van der Waals surface area contributed by atoms with Crippen LogP contribution in [0.1, 0.15) is 25.8 Å². The van der Waals surface area contributed by atoms with Crippen LogP contribution < -0.4 is 15.8 Å². The van der Waals surface area contributed by atoms with Gasteiger partial charge in [-0.15, -0.1) is 24.0 Å². The molecule has 6 heteroatoms. The molecule has 0 saturated carbocycles. The van der Waals surface area contributed by atoms with E-state index in [0.717, 1.165) is 28.8 Å². The number of nitrogens with two attached hydrogens (primary N) is 1. The minimum atomic E-state index is 0. The lowest BCUT2D eigenvalue weighted by Gasteiger charge is -2.09. The standard InChI is InChI=1S/C14H22BrN3O.HI/c1-10(2)6-7-17-14(16)18-9-11-8-12(15)4-5-13(11)19-3;/h4-5,8,10H,6-7,9H2,1-3H3,(H3,16,17,18);1H. The van der Waals surface area contributed by atoms with Gasteiger partial charge in [0.1, 0.15) is 5.75 Å². The van der Waals surface area contributed by atoms with E-state index in [-0.39, 0.29) is 24.0 Å². The maximum atomic E-state index is 5.82. The fraction of sp³-hybridized carbons (Fsp3) is 0.500. The van der Waals surface area contributed by atoms with E-state index in [1.165, 1.54) is 0 Å². The molecule has 1 rings (SSSR count). The number of nitrogens with one attached hydrogen (secondary N) is 1. The normalized spacial score (nSPS) is 11.2. The molecule has 1 aromatic carbocycles. The highest BCUT2D eigenvalue weighted by molar-refractivity contribution is 14.0. The fourth-order valence-electron chi connectivity index (χ4n) is 1.59. The van der Waals surface area contributed by atoms with E-state index in [4.69, 9.17) is 10.5 Å². The van der Waals surface area contributed by atoms with Crippen LogP contribution in [0.4, 0.5) is 0 Å². The summed E-state index contributed by atoms with van der Waals surface area (Å²) in [5.74, 6) is 1.95. The first-order valence-corrected chi connectivity index (χ1v) is 7.18. The van der Waals surface area contributed by atoms with Crippen molar-refractivity contribution in [2.45, 2.75) is 26.8 Å². The molecule has 0 aliphatic carbocycles. The van der Waals surface area contributed by atoms with Gasteiger partial charge in [-0.1, -0.05) is 29.8 Å². The van der Waals surface area contributed by atoms with Crippen LogP contribution in [0.25, 0.3) is 0 Å². The topological polar surface area (TPSA) is 59.6 Å². The lowest BCUT2D eigenvalue weighted by Crippen LogP contribution is -2.32. The lowest BCUT2D eigenvalue weighted by molar-refractivity contribution is 0.410. The Morgan fingerprint density at radius 3 is 2.75 bits per heavy atom. The minimum Gasteiger partial charge on any atom is -0.496 e. The predicted octanol–water partition coefficient (Wildman–Crippen LogP) is 3.53. The Morgan fingerprint density at radius 1 is 1.45 bits per heavy atom. The first-order valence-electron chi connectivity index (χ1n) is 6.39. The molecule has 0 amide bonds. The number of ether oxygens (including phenoxy) is 1. The van der Waals surface area contributed by atoms with Gasteiger partial charge in [0.2, 0.25) is 0 Å². The van der Waals surface area contributed by atoms with E-state index in [9.17, 15) is 0 Å². The van der Waals surface area contributed by atoms with E-state index < -0.39 is 0 Å². The first-order chi connectivity index (χ1) is 9.02. The van der Waals surface area contributed by atoms with Gasteiger partial charge >= 0.3 is 0 Å². The number of methoxy groups -OCH3 is 1. The molecule has 3 N–H and O–H groups in total. The van der Waals surface area contributed by atoms with Crippen molar-refractivity contribution in [2.75, 3.05) is 13.7 Å². The third-order valence-corrected chi connectivity index (χ3v) is 3.18. The first kappa shape index (κ1) is 19.5. The fourth-order valence-corrected chi connectivity index (χ4v) is 1.99. The zero-order valence-electron chi connectivity index (χ0n) is 12.1. The molecule has 0 bridgehead atoms. The monoisotopic (exact) mass is 455 g/mol. The van der Waals surface area contributed by atoms with Crippen LogP contribution in [0.3, 0.4) is 0 Å². The Bertz CT molecular complexity index is 438. The highest BCUT2D eigenvalue weighted by Crippen LogP contribution is 2.23. The molecule has 0 fully saturated rings. The van der Waals surface area contributed by atoms with Gasteiger partial charge in [0, 0.05) is 16.6 Å². The SMILES string of the molecule is COc1ccc(Br)cc1CN=C(N)NCCC(C)C.I. The van der Waals surface area contributed by atoms with Gasteiger partial charge in [-0.25, -0.2) is 4.99 Å². The Morgan fingerprint density at radius 2 is 2.15 bits per heavy atom. The molecule has 0 saturated heterocycles. The number of aliphatic imine (C=N–C) groups is 1. The number of guanidine groups is 1. The Labute approximate surface area is 146 Å². The van der Waals surface area contributed by atoms with Gasteiger partial charge in [0.05, 0.1) is 13.7 Å². The molecular weight excluding hydrogens is 433 g/mol. The molecule has 0 aliphatic rings. The number of rotatable bonds is 6. The molecule has 0 unspecified atom stereocenters. The zero-order chi connectivity index (χ0) is 14.3. The molecule has 0 atom stereocenters. The van der Waals surface area contributed by atoms with Gasteiger partial charge < -0.3 is 15.8 Å². The van der Waals surface area contributed by atoms with Crippen molar-refractivity contribution in [2.24, 2.45) is 16.6 Å². The van der Waals surface area contributed by atoms with Crippen LogP contribution in [0.5, 0.6) is 5.75 Å². The van der Waals surface area contributed by atoms with E-state index >= 15 is 0 Å². The summed E-state index contributed by atoms with van der Waals surface area (Å²) < 4.78 is 6.30. The van der Waals surface area contributed by atoms with E-state index in [0.29, 0.717) is 18.4 Å². The Kier molecular flexibility index (Phi) is 10.0. The van der Waals surface area contributed by atoms with Gasteiger partial charge in [-0.2, -0.15) is 0 Å². The molecule has 1 aromatic rings. The molecule has 114 valence electrons. The number of nitrogens with zero attached hydrogens (tertiary/aromatic N) is 1. The van der Waals surface area contributed by atoms with Crippen molar-refractivity contribution in [1.29, 1.82) is 0 Å². The van der Waals surface area contributed by atoms with Crippen LogP contribution in [0.2, 0.25) is 0 Å². The molecule has 20 heavy (non-hydrogen) atoms. The predicted molar refractivity (Wildman–Crippen MR) is 98.9 cm³/mol. The number of halogens is 2. The van der Waals surface area contributed by atoms with E-state index in [1.807, 2.05) is 18.2 Å². The molecule has 0 spiro atoms. The summed E-state index contributed by atoms with van der Waals surface area (Å²) in [4.78, 5) is 4.32. The highest BCUT2D eigenvalue weighted by atomic mass is 127. The summed E-state index contributed by atoms with van der Waals surface area (Å²) >= 11 is 3.44. The third kappa shape index (κ3) is 7.33. The van der Waals surface area contributed by atoms with Crippen LogP contribution in [0.15, 0.2) is 27.7 Å². The average molecular weight is 456 g/mol. The largest absolute Gasteiger partial charge is 0.496 e. The lowest BCUT2D eigenvalue weighted by atomic mass is 10.1. The maximum Gasteiger partial charge on any atom is 0.188 e. The summed E-state index contributed by atoms with van der Waals surface area (Å²) in [5, 5.41) is 3.11. The number of hydrogen-bond acceptors (Lipinski definition) is 2. The van der Waals surface area contributed by atoms with Crippen LogP contribution in [-0.2, 0) is 6.54 Å². The average Bonchev–Trinajstić information content (AvgIpc) is 2.36. The summed E-state index contributed by atoms with van der Waals surface area (Å²) in [5.41, 5.74) is 6.83. The molecule has 0 aromatic heterocycles. The molecule has 0 heterocycles. The van der Waals surface area contributed by atoms with E-state index in [1.54, 1.807) is 7.11 Å². The second kappa shape index (κ2) is 10.3. The van der Waals surface area contributed by atoms with Gasteiger partial charge in [0.25, 0.3) is 0 Å². The van der Waals surface area contributed by atoms with E-state index in [2.05, 4.69) is 40.1 Å². The van der Waals surface area contributed by atoms with Gasteiger partial charge in [-0.05, 0) is 30.5 Å². The summed E-state index contributed by atoms with van der Waals surface area (Å²) in [7, 11) is 1.65. The van der Waals surface area contributed by atoms with Crippen LogP contribution in [-0.4, -0.2) is 19.6 Å². The molecule has 0 aliphatic heterocycles. The summed E-state index contributed by atoms with van der Waals surface area (Å²) in [6.07, 6.45) is 1.08. The van der Waals surface area contributed by atoms with Gasteiger partial charge in [-0.3, -0.25) is 0 Å². The molecular formula is C14H23BrIN3O. The van der Waals surface area contributed by atoms with Crippen LogP contribution in [0, 0.1) is 5.92 Å². The Balaban J connectivity index is 0.00000361. The maximum absolute atomic E-state index is 5.82. The minimum absolute atomic E-state index is 0. The highest BCUT2D eigenvalue weighted by Gasteiger charge is 2.03. The second-order valence-corrected chi connectivity index (χ2v) is 5.68. The molecule has 4 nitrogen and oxygen atoms in total. The quantitative estimate of drug-likeness (QED) is 0.392. The summed E-state index contributed by atoms with van der Waals surface area (Å²) in [6.45, 7) is 5.72. The van der Waals surface area contributed by atoms with Crippen LogP contribution >= 0.6 is 39.9 Å². The van der Waals surface area contributed by atoms with Crippen molar-refractivity contribution >= 4 is 45.9 Å². The smallest absolute Gasteiger partial charge is 0.188 e. The molecule has 0 radical (unpaired) electrons. The van der Waals surface area contributed by atoms with Crippen molar-refractivity contribution in [3.8, 4) is 5.75 Å². The van der Waals surface area contributed by atoms with Crippen molar-refractivity contribution in [3.05, 3.63) is 28.2 Å². The third-order valence-electron chi connectivity index (χ3n) is 2.69. The van der Waals surface area contributed by atoms with Crippen molar-refractivity contribution < 1.29 is 4.74 Å².